The van der Waals surface area contributed by atoms with E-state index in [9.17, 15) is 4.79 Å². The zero-order valence-electron chi connectivity index (χ0n) is 19.4. The molecule has 3 aromatic rings. The molecule has 1 N–H and O–H groups in total. The Morgan fingerprint density at radius 2 is 1.62 bits per heavy atom. The second kappa shape index (κ2) is 11.7. The molecule has 4 rings (SSSR count). The van der Waals surface area contributed by atoms with Gasteiger partial charge in [-0.1, -0.05) is 60.7 Å². The van der Waals surface area contributed by atoms with Crippen molar-refractivity contribution in [1.82, 2.24) is 10.3 Å². The molecule has 3 aromatic carbocycles. The van der Waals surface area contributed by atoms with Gasteiger partial charge in [-0.05, 0) is 34.9 Å². The highest BCUT2D eigenvalue weighted by molar-refractivity contribution is 8.00. The molecule has 1 aliphatic heterocycles. The van der Waals surface area contributed by atoms with E-state index >= 15 is 0 Å². The van der Waals surface area contributed by atoms with Crippen LogP contribution < -0.4 is 14.9 Å². The SMILES string of the molecule is COc1ccc(/C=N\NC(=O)CSC2CN(C(c3ccccc3)c3ccccc3)C2)cc1OC. The first-order valence-electron chi connectivity index (χ1n) is 11.2. The van der Waals surface area contributed by atoms with Crippen LogP contribution in [0.4, 0.5) is 0 Å². The molecular weight excluding hydrogens is 446 g/mol. The Hall–Kier alpha value is -3.29. The third-order valence-corrected chi connectivity index (χ3v) is 6.93. The lowest BCUT2D eigenvalue weighted by Crippen LogP contribution is -2.51. The van der Waals surface area contributed by atoms with Crippen LogP contribution in [0.15, 0.2) is 84.0 Å². The monoisotopic (exact) mass is 475 g/mol. The van der Waals surface area contributed by atoms with Gasteiger partial charge in [-0.3, -0.25) is 9.69 Å². The summed E-state index contributed by atoms with van der Waals surface area (Å²) >= 11 is 1.68. The number of nitrogens with one attached hydrogen (secondary N) is 1. The first kappa shape index (κ1) is 23.9. The fraction of sp³-hybridized carbons (Fsp3) is 0.259. The van der Waals surface area contributed by atoms with Crippen molar-refractivity contribution >= 4 is 23.9 Å². The van der Waals surface area contributed by atoms with Gasteiger partial charge in [0.2, 0.25) is 5.91 Å². The van der Waals surface area contributed by atoms with Gasteiger partial charge in [0.1, 0.15) is 0 Å². The maximum atomic E-state index is 12.3. The molecule has 34 heavy (non-hydrogen) atoms. The predicted octanol–water partition coefficient (Wildman–Crippen LogP) is 4.36. The number of nitrogens with zero attached hydrogens (tertiary/aromatic N) is 2. The summed E-state index contributed by atoms with van der Waals surface area (Å²) in [6.45, 7) is 1.89. The molecular formula is C27H29N3O3S. The minimum absolute atomic E-state index is 0.108. The van der Waals surface area contributed by atoms with Crippen LogP contribution in [-0.2, 0) is 4.79 Å². The Morgan fingerprint density at radius 1 is 1.00 bits per heavy atom. The van der Waals surface area contributed by atoms with Crippen LogP contribution in [0.2, 0.25) is 0 Å². The Morgan fingerprint density at radius 3 is 2.21 bits per heavy atom. The quantitative estimate of drug-likeness (QED) is 0.349. The predicted molar refractivity (Wildman–Crippen MR) is 138 cm³/mol. The van der Waals surface area contributed by atoms with E-state index in [4.69, 9.17) is 9.47 Å². The number of rotatable bonds is 10. The molecule has 1 amide bonds. The van der Waals surface area contributed by atoms with Gasteiger partial charge in [0, 0.05) is 18.3 Å². The van der Waals surface area contributed by atoms with Crippen molar-refractivity contribution in [2.45, 2.75) is 11.3 Å². The number of hydrogen-bond acceptors (Lipinski definition) is 6. The Kier molecular flexibility index (Phi) is 8.22. The maximum Gasteiger partial charge on any atom is 0.250 e. The average molecular weight is 476 g/mol. The zero-order valence-corrected chi connectivity index (χ0v) is 20.2. The Bertz CT molecular complexity index is 1060. The van der Waals surface area contributed by atoms with Gasteiger partial charge in [0.05, 0.1) is 32.2 Å². The van der Waals surface area contributed by atoms with E-state index in [1.165, 1.54) is 11.1 Å². The number of likely N-dealkylation sites (tertiary alicyclic amines) is 1. The molecule has 0 radical (unpaired) electrons. The van der Waals surface area contributed by atoms with Crippen LogP contribution in [-0.4, -0.2) is 55.3 Å². The number of carbonyl (C=O) groups excluding carboxylic acids is 1. The molecule has 0 bridgehead atoms. The van der Waals surface area contributed by atoms with Gasteiger partial charge >= 0.3 is 0 Å². The lowest BCUT2D eigenvalue weighted by atomic mass is 9.94. The van der Waals surface area contributed by atoms with Crippen LogP contribution in [0, 0.1) is 0 Å². The normalized spacial score (nSPS) is 14.2. The van der Waals surface area contributed by atoms with E-state index in [0.717, 1.165) is 18.7 Å². The van der Waals surface area contributed by atoms with E-state index in [-0.39, 0.29) is 11.9 Å². The minimum atomic E-state index is -0.108. The molecule has 176 valence electrons. The lowest BCUT2D eigenvalue weighted by Gasteiger charge is -2.44. The smallest absolute Gasteiger partial charge is 0.250 e. The summed E-state index contributed by atoms with van der Waals surface area (Å²) in [7, 11) is 3.18. The van der Waals surface area contributed by atoms with Crippen molar-refractivity contribution in [2.24, 2.45) is 5.10 Å². The first-order valence-corrected chi connectivity index (χ1v) is 12.2. The first-order chi connectivity index (χ1) is 16.7. The van der Waals surface area contributed by atoms with Crippen molar-refractivity contribution < 1.29 is 14.3 Å². The van der Waals surface area contributed by atoms with Gasteiger partial charge in [-0.25, -0.2) is 5.43 Å². The maximum absolute atomic E-state index is 12.3. The summed E-state index contributed by atoms with van der Waals surface area (Å²) in [4.78, 5) is 14.7. The topological polar surface area (TPSA) is 63.2 Å². The summed E-state index contributed by atoms with van der Waals surface area (Å²) < 4.78 is 10.5. The second-order valence-corrected chi connectivity index (χ2v) is 9.31. The Labute approximate surface area is 205 Å². The average Bonchev–Trinajstić information content (AvgIpc) is 2.86. The molecule has 1 saturated heterocycles. The molecule has 1 fully saturated rings. The largest absolute Gasteiger partial charge is 0.493 e. The van der Waals surface area contributed by atoms with Crippen LogP contribution in [0.1, 0.15) is 22.7 Å². The molecule has 0 saturated carbocycles. The van der Waals surface area contributed by atoms with E-state index < -0.39 is 0 Å². The lowest BCUT2D eigenvalue weighted by molar-refractivity contribution is -0.118. The zero-order chi connectivity index (χ0) is 23.8. The standard InChI is InChI=1S/C27H29N3O3S/c1-32-24-14-13-20(15-25(24)33-2)16-28-29-26(31)19-34-23-17-30(18-23)27(21-9-5-3-6-10-21)22-11-7-4-8-12-22/h3-16,23,27H,17-19H2,1-2H3,(H,29,31)/b28-16-. The van der Waals surface area contributed by atoms with Crippen molar-refractivity contribution in [3.05, 3.63) is 95.6 Å². The molecule has 0 unspecified atom stereocenters. The molecule has 1 aliphatic rings. The van der Waals surface area contributed by atoms with Gasteiger partial charge in [0.15, 0.2) is 11.5 Å². The summed E-state index contributed by atoms with van der Waals surface area (Å²) in [6, 6.07) is 26.9. The van der Waals surface area contributed by atoms with Gasteiger partial charge in [-0.15, -0.1) is 11.8 Å². The number of benzene rings is 3. The fourth-order valence-corrected chi connectivity index (χ4v) is 5.05. The van der Waals surface area contributed by atoms with Crippen LogP contribution >= 0.6 is 11.8 Å². The minimum Gasteiger partial charge on any atom is -0.493 e. The number of carbonyl (C=O) groups is 1. The van der Waals surface area contributed by atoms with Crippen molar-refractivity contribution in [3.8, 4) is 11.5 Å². The summed E-state index contributed by atoms with van der Waals surface area (Å²) in [5, 5.41) is 4.50. The van der Waals surface area contributed by atoms with E-state index in [2.05, 4.69) is 64.0 Å². The molecule has 7 heteroatoms. The van der Waals surface area contributed by atoms with E-state index in [1.807, 2.05) is 24.3 Å². The number of ether oxygens (including phenoxy) is 2. The van der Waals surface area contributed by atoms with Gasteiger partial charge < -0.3 is 9.47 Å². The third kappa shape index (κ3) is 5.98. The number of thioether (sulfide) groups is 1. The van der Waals surface area contributed by atoms with E-state index in [0.29, 0.717) is 22.5 Å². The molecule has 6 nitrogen and oxygen atoms in total. The molecule has 0 aliphatic carbocycles. The summed E-state index contributed by atoms with van der Waals surface area (Å²) in [5.41, 5.74) is 6.01. The van der Waals surface area contributed by atoms with Gasteiger partial charge in [0.25, 0.3) is 0 Å². The number of amides is 1. The highest BCUT2D eigenvalue weighted by atomic mass is 32.2. The Balaban J connectivity index is 1.26. The highest BCUT2D eigenvalue weighted by Gasteiger charge is 2.34. The van der Waals surface area contributed by atoms with Crippen molar-refractivity contribution in [1.29, 1.82) is 0 Å². The van der Waals surface area contributed by atoms with Crippen molar-refractivity contribution in [3.63, 3.8) is 0 Å². The second-order valence-electron chi connectivity index (χ2n) is 8.02. The van der Waals surface area contributed by atoms with Crippen LogP contribution in [0.3, 0.4) is 0 Å². The van der Waals surface area contributed by atoms with Crippen molar-refractivity contribution in [2.75, 3.05) is 33.1 Å². The molecule has 1 heterocycles. The molecule has 0 aromatic heterocycles. The molecule has 0 spiro atoms. The number of hydrazone groups is 1. The molecule has 0 atom stereocenters. The number of methoxy groups -OCH3 is 2. The van der Waals surface area contributed by atoms with Crippen LogP contribution in [0.5, 0.6) is 11.5 Å². The van der Waals surface area contributed by atoms with Crippen LogP contribution in [0.25, 0.3) is 0 Å². The summed E-state index contributed by atoms with van der Waals surface area (Å²) in [5.74, 6) is 1.54. The van der Waals surface area contributed by atoms with E-state index in [1.54, 1.807) is 38.3 Å². The third-order valence-electron chi connectivity index (χ3n) is 5.73. The highest BCUT2D eigenvalue weighted by Crippen LogP contribution is 2.35. The number of hydrogen-bond donors (Lipinski definition) is 1. The summed E-state index contributed by atoms with van der Waals surface area (Å²) in [6.07, 6.45) is 1.60. The fourth-order valence-electron chi connectivity index (χ4n) is 4.01. The van der Waals surface area contributed by atoms with Gasteiger partial charge in [-0.2, -0.15) is 5.10 Å².